The van der Waals surface area contributed by atoms with Crippen molar-refractivity contribution in [3.05, 3.63) is 90.1 Å². The number of nitrogens with zero attached hydrogens (tertiary/aromatic N) is 4. The molecule has 0 radical (unpaired) electrons. The second kappa shape index (κ2) is 10.5. The molecule has 0 spiro atoms. The number of carbonyl (C=O) groups excluding carboxylic acids is 2. The average molecular weight is 541 g/mol. The smallest absolute Gasteiger partial charge is 0.255 e. The van der Waals surface area contributed by atoms with Crippen molar-refractivity contribution in [3.63, 3.8) is 0 Å². The van der Waals surface area contributed by atoms with Crippen LogP contribution in [0.1, 0.15) is 23.2 Å². The standard InChI is InChI=1S/C29H28N6O3S/c30-27(37)29-34(15-16-39-29)23-6-8-24(9-7-23)35-26-10-3-21(17-20(26)18-31-35)32-28(38)19-1-4-22(5-2-19)33-13-11-25(36)12-14-33/h1-10,15-18,25,29,36H,11-14H2,(H2,30,37)(H,32,38). The number of anilines is 3. The fourth-order valence-corrected chi connectivity index (χ4v) is 5.79. The van der Waals surface area contributed by atoms with E-state index in [0.717, 1.165) is 53.9 Å². The zero-order valence-corrected chi connectivity index (χ0v) is 21.9. The lowest BCUT2D eigenvalue weighted by molar-refractivity contribution is -0.117. The molecule has 0 aliphatic carbocycles. The minimum absolute atomic E-state index is 0.179. The Morgan fingerprint density at radius 2 is 1.64 bits per heavy atom. The van der Waals surface area contributed by atoms with Crippen molar-refractivity contribution in [2.45, 2.75) is 24.3 Å². The number of aliphatic hydroxyl groups is 1. The Hall–Kier alpha value is -4.28. The molecule has 2 aliphatic heterocycles. The first kappa shape index (κ1) is 25.0. The summed E-state index contributed by atoms with van der Waals surface area (Å²) in [6.45, 7) is 1.63. The van der Waals surface area contributed by atoms with Crippen molar-refractivity contribution >= 4 is 51.5 Å². The molecule has 9 nitrogen and oxygen atoms in total. The molecule has 1 unspecified atom stereocenters. The first-order chi connectivity index (χ1) is 19.0. The van der Waals surface area contributed by atoms with Crippen LogP contribution in [0.3, 0.4) is 0 Å². The molecular weight excluding hydrogens is 512 g/mol. The van der Waals surface area contributed by atoms with Crippen LogP contribution >= 0.6 is 11.8 Å². The van der Waals surface area contributed by atoms with Crippen LogP contribution in [0.5, 0.6) is 0 Å². The number of nitrogens with two attached hydrogens (primary N) is 1. The summed E-state index contributed by atoms with van der Waals surface area (Å²) in [4.78, 5) is 28.7. The Kier molecular flexibility index (Phi) is 6.72. The SMILES string of the molecule is NC(=O)C1SC=CN1c1ccc(-n2ncc3cc(NC(=O)c4ccc(N5CCC(O)CC5)cc4)ccc32)cc1. The summed E-state index contributed by atoms with van der Waals surface area (Å²) in [5.74, 6) is -0.563. The molecule has 10 heteroatoms. The second-order valence-electron chi connectivity index (χ2n) is 9.65. The Bertz CT molecular complexity index is 1540. The molecule has 6 rings (SSSR count). The number of fused-ring (bicyclic) bond motifs is 1. The zero-order valence-electron chi connectivity index (χ0n) is 21.1. The molecule has 1 atom stereocenters. The number of piperidine rings is 1. The predicted octanol–water partition coefficient (Wildman–Crippen LogP) is 4.07. The average Bonchev–Trinajstić information content (AvgIpc) is 3.61. The highest BCUT2D eigenvalue weighted by Gasteiger charge is 2.26. The third kappa shape index (κ3) is 5.08. The lowest BCUT2D eigenvalue weighted by Gasteiger charge is -2.31. The van der Waals surface area contributed by atoms with E-state index in [4.69, 9.17) is 5.73 Å². The molecule has 4 N–H and O–H groups in total. The lowest BCUT2D eigenvalue weighted by Crippen LogP contribution is -2.36. The van der Waals surface area contributed by atoms with E-state index in [1.807, 2.05) is 87.9 Å². The number of carbonyl (C=O) groups is 2. The zero-order chi connectivity index (χ0) is 26.9. The quantitative estimate of drug-likeness (QED) is 0.338. The minimum Gasteiger partial charge on any atom is -0.393 e. The van der Waals surface area contributed by atoms with Crippen LogP contribution in [0.25, 0.3) is 16.6 Å². The number of amides is 2. The van der Waals surface area contributed by atoms with Crippen LogP contribution in [-0.2, 0) is 4.79 Å². The first-order valence-corrected chi connectivity index (χ1v) is 13.7. The van der Waals surface area contributed by atoms with Crippen molar-refractivity contribution in [1.29, 1.82) is 0 Å². The van der Waals surface area contributed by atoms with Gasteiger partial charge >= 0.3 is 0 Å². The van der Waals surface area contributed by atoms with E-state index in [9.17, 15) is 14.7 Å². The van der Waals surface area contributed by atoms with Crippen LogP contribution in [0.15, 0.2) is 84.5 Å². The van der Waals surface area contributed by atoms with Crippen molar-refractivity contribution in [1.82, 2.24) is 9.78 Å². The third-order valence-corrected chi connectivity index (χ3v) is 8.10. The summed E-state index contributed by atoms with van der Waals surface area (Å²) in [5.41, 5.74) is 10.5. The third-order valence-electron chi connectivity index (χ3n) is 7.10. The van der Waals surface area contributed by atoms with E-state index < -0.39 is 5.37 Å². The fourth-order valence-electron chi connectivity index (χ4n) is 4.98. The molecule has 1 fully saturated rings. The number of thioether (sulfide) groups is 1. The predicted molar refractivity (Wildman–Crippen MR) is 155 cm³/mol. The first-order valence-electron chi connectivity index (χ1n) is 12.8. The van der Waals surface area contributed by atoms with Crippen molar-refractivity contribution in [3.8, 4) is 5.69 Å². The van der Waals surface area contributed by atoms with E-state index in [2.05, 4.69) is 15.3 Å². The summed E-state index contributed by atoms with van der Waals surface area (Å²) in [6.07, 6.45) is 4.93. The number of nitrogens with one attached hydrogen (secondary N) is 1. The highest BCUT2D eigenvalue weighted by molar-refractivity contribution is 8.03. The lowest BCUT2D eigenvalue weighted by atomic mass is 10.1. The number of primary amides is 1. The molecule has 3 heterocycles. The second-order valence-corrected chi connectivity index (χ2v) is 10.6. The van der Waals surface area contributed by atoms with Gasteiger partial charge in [0.05, 0.1) is 23.5 Å². The van der Waals surface area contributed by atoms with Crippen LogP contribution in [0.4, 0.5) is 17.1 Å². The van der Waals surface area contributed by atoms with Gasteiger partial charge in [0.1, 0.15) is 0 Å². The van der Waals surface area contributed by atoms with Gasteiger partial charge in [0.25, 0.3) is 11.8 Å². The summed E-state index contributed by atoms with van der Waals surface area (Å²) in [7, 11) is 0. The maximum Gasteiger partial charge on any atom is 0.255 e. The molecule has 1 saturated heterocycles. The van der Waals surface area contributed by atoms with Crippen LogP contribution < -0.4 is 20.9 Å². The largest absolute Gasteiger partial charge is 0.393 e. The topological polar surface area (TPSA) is 117 Å². The van der Waals surface area contributed by atoms with Gasteiger partial charge in [-0.25, -0.2) is 4.68 Å². The molecule has 3 aromatic carbocycles. The maximum absolute atomic E-state index is 12.9. The minimum atomic E-state index is -0.447. The Labute approximate surface area is 229 Å². The normalized spacial score (nSPS) is 17.6. The van der Waals surface area contributed by atoms with E-state index in [0.29, 0.717) is 11.3 Å². The van der Waals surface area contributed by atoms with Gasteiger partial charge in [0, 0.05) is 47.3 Å². The summed E-state index contributed by atoms with van der Waals surface area (Å²) >= 11 is 1.38. The Morgan fingerprint density at radius 3 is 2.36 bits per heavy atom. The molecule has 1 aromatic heterocycles. The van der Waals surface area contributed by atoms with Gasteiger partial charge in [-0.1, -0.05) is 11.8 Å². The number of benzene rings is 3. The van der Waals surface area contributed by atoms with E-state index in [1.165, 1.54) is 11.8 Å². The van der Waals surface area contributed by atoms with Crippen LogP contribution in [0.2, 0.25) is 0 Å². The highest BCUT2D eigenvalue weighted by atomic mass is 32.2. The molecular formula is C29H28N6O3S. The Morgan fingerprint density at radius 1 is 0.949 bits per heavy atom. The number of rotatable bonds is 6. The van der Waals surface area contributed by atoms with Gasteiger partial charge in [-0.15, -0.1) is 0 Å². The van der Waals surface area contributed by atoms with Crippen molar-refractivity contribution < 1.29 is 14.7 Å². The van der Waals surface area contributed by atoms with Crippen LogP contribution in [-0.4, -0.2) is 51.3 Å². The molecule has 2 aliphatic rings. The summed E-state index contributed by atoms with van der Waals surface area (Å²) in [6, 6.07) is 21.0. The van der Waals surface area contributed by atoms with Crippen LogP contribution in [0, 0.1) is 0 Å². The summed E-state index contributed by atoms with van der Waals surface area (Å²) in [5, 5.41) is 19.6. The van der Waals surface area contributed by atoms with E-state index >= 15 is 0 Å². The molecule has 39 heavy (non-hydrogen) atoms. The summed E-state index contributed by atoms with van der Waals surface area (Å²) < 4.78 is 1.84. The molecule has 2 amide bonds. The number of hydrogen-bond acceptors (Lipinski definition) is 7. The molecule has 4 aromatic rings. The molecule has 0 bridgehead atoms. The van der Waals surface area contributed by atoms with Gasteiger partial charge < -0.3 is 26.0 Å². The molecule has 198 valence electrons. The van der Waals surface area contributed by atoms with Gasteiger partial charge in [0.2, 0.25) is 0 Å². The fraction of sp³-hybridized carbons (Fsp3) is 0.207. The monoisotopic (exact) mass is 540 g/mol. The Balaban J connectivity index is 1.14. The van der Waals surface area contributed by atoms with Gasteiger partial charge in [-0.05, 0) is 85.0 Å². The van der Waals surface area contributed by atoms with E-state index in [-0.39, 0.29) is 17.9 Å². The van der Waals surface area contributed by atoms with Gasteiger partial charge in [-0.2, -0.15) is 5.10 Å². The highest BCUT2D eigenvalue weighted by Crippen LogP contribution is 2.31. The van der Waals surface area contributed by atoms with Gasteiger partial charge in [-0.3, -0.25) is 9.59 Å². The molecule has 0 saturated carbocycles. The van der Waals surface area contributed by atoms with Gasteiger partial charge in [0.15, 0.2) is 5.37 Å². The maximum atomic E-state index is 12.9. The van der Waals surface area contributed by atoms with E-state index in [1.54, 1.807) is 6.20 Å². The van der Waals surface area contributed by atoms with Crippen molar-refractivity contribution in [2.24, 2.45) is 5.73 Å². The number of aromatic nitrogens is 2. The van der Waals surface area contributed by atoms with Crippen molar-refractivity contribution in [2.75, 3.05) is 28.2 Å². The number of hydrogen-bond donors (Lipinski definition) is 3. The number of aliphatic hydroxyl groups excluding tert-OH is 1.